The van der Waals surface area contributed by atoms with Crippen LogP contribution in [0.3, 0.4) is 0 Å². The molecule has 82 valence electrons. The summed E-state index contributed by atoms with van der Waals surface area (Å²) in [5.41, 5.74) is 6.26. The average Bonchev–Trinajstić information content (AvgIpc) is 2.61. The minimum Gasteiger partial charge on any atom is -0.490 e. The van der Waals surface area contributed by atoms with Crippen LogP contribution in [-0.2, 0) is 0 Å². The van der Waals surface area contributed by atoms with Crippen molar-refractivity contribution in [1.82, 2.24) is 9.88 Å². The van der Waals surface area contributed by atoms with Crippen molar-refractivity contribution in [2.75, 3.05) is 25.9 Å². The van der Waals surface area contributed by atoms with Gasteiger partial charge >= 0.3 is 0 Å². The fourth-order valence-electron chi connectivity index (χ4n) is 1.90. The molecule has 0 aliphatic carbocycles. The topological polar surface area (TPSA) is 51.4 Å². The number of nitrogens with two attached hydrogens (primary N) is 1. The van der Waals surface area contributed by atoms with Gasteiger partial charge in [-0.2, -0.15) is 0 Å². The molecule has 1 aromatic heterocycles. The van der Waals surface area contributed by atoms with Crippen molar-refractivity contribution in [3.63, 3.8) is 0 Å². The van der Waals surface area contributed by atoms with Crippen molar-refractivity contribution in [3.05, 3.63) is 18.5 Å². The standard InChI is InChI=1S/C11H17N3O/c1-14-4-2-3-10(14)8-15-11-5-9(12)6-13-7-11/h5-7,10H,2-4,8,12H2,1H3/t10-/m1/s1. The molecule has 15 heavy (non-hydrogen) atoms. The molecule has 1 saturated heterocycles. The van der Waals surface area contributed by atoms with Crippen LogP contribution in [-0.4, -0.2) is 36.1 Å². The van der Waals surface area contributed by atoms with E-state index in [2.05, 4.69) is 16.9 Å². The highest BCUT2D eigenvalue weighted by Crippen LogP contribution is 2.17. The maximum absolute atomic E-state index is 5.66. The Morgan fingerprint density at radius 3 is 3.13 bits per heavy atom. The summed E-state index contributed by atoms with van der Waals surface area (Å²) < 4.78 is 5.66. The Bertz CT molecular complexity index is 329. The third kappa shape index (κ3) is 2.59. The van der Waals surface area contributed by atoms with Gasteiger partial charge in [0.2, 0.25) is 0 Å². The molecule has 1 fully saturated rings. The molecule has 2 rings (SSSR count). The number of ether oxygens (including phenoxy) is 1. The van der Waals surface area contributed by atoms with E-state index in [0.717, 1.165) is 12.4 Å². The molecule has 0 spiro atoms. The zero-order valence-electron chi connectivity index (χ0n) is 9.02. The van der Waals surface area contributed by atoms with Gasteiger partial charge in [-0.3, -0.25) is 4.98 Å². The van der Waals surface area contributed by atoms with Crippen LogP contribution in [0.4, 0.5) is 5.69 Å². The fourth-order valence-corrected chi connectivity index (χ4v) is 1.90. The molecular formula is C11H17N3O. The van der Waals surface area contributed by atoms with Crippen molar-refractivity contribution in [3.8, 4) is 5.75 Å². The molecule has 1 atom stereocenters. The molecule has 0 aromatic carbocycles. The summed E-state index contributed by atoms with van der Waals surface area (Å²) in [4.78, 5) is 6.32. The van der Waals surface area contributed by atoms with E-state index in [0.29, 0.717) is 11.7 Å². The van der Waals surface area contributed by atoms with Gasteiger partial charge in [-0.05, 0) is 26.4 Å². The Balaban J connectivity index is 1.87. The van der Waals surface area contributed by atoms with Crippen molar-refractivity contribution < 1.29 is 4.74 Å². The molecule has 0 saturated carbocycles. The van der Waals surface area contributed by atoms with Crippen molar-refractivity contribution in [2.24, 2.45) is 0 Å². The van der Waals surface area contributed by atoms with Crippen LogP contribution in [0, 0.1) is 0 Å². The Labute approximate surface area is 90.0 Å². The van der Waals surface area contributed by atoms with Gasteiger partial charge in [0.15, 0.2) is 0 Å². The monoisotopic (exact) mass is 207 g/mol. The molecule has 4 heteroatoms. The number of likely N-dealkylation sites (tertiary alicyclic amines) is 1. The van der Waals surface area contributed by atoms with E-state index in [1.165, 1.54) is 19.4 Å². The van der Waals surface area contributed by atoms with E-state index in [9.17, 15) is 0 Å². The molecule has 2 N–H and O–H groups in total. The number of hydrogen-bond acceptors (Lipinski definition) is 4. The lowest BCUT2D eigenvalue weighted by atomic mass is 10.2. The number of anilines is 1. The molecule has 0 amide bonds. The lowest BCUT2D eigenvalue weighted by Gasteiger charge is -2.19. The van der Waals surface area contributed by atoms with E-state index in [4.69, 9.17) is 10.5 Å². The third-order valence-electron chi connectivity index (χ3n) is 2.85. The Kier molecular flexibility index (Phi) is 3.06. The Hall–Kier alpha value is -1.29. The van der Waals surface area contributed by atoms with Gasteiger partial charge in [-0.25, -0.2) is 0 Å². The quantitative estimate of drug-likeness (QED) is 0.807. The number of pyridine rings is 1. The second-order valence-corrected chi connectivity index (χ2v) is 4.04. The molecule has 4 nitrogen and oxygen atoms in total. The first-order valence-electron chi connectivity index (χ1n) is 5.29. The fraction of sp³-hybridized carbons (Fsp3) is 0.545. The molecular weight excluding hydrogens is 190 g/mol. The predicted octanol–water partition coefficient (Wildman–Crippen LogP) is 1.14. The minimum atomic E-state index is 0.534. The summed E-state index contributed by atoms with van der Waals surface area (Å²) in [6.07, 6.45) is 5.80. The number of nitrogen functional groups attached to an aromatic ring is 1. The van der Waals surface area contributed by atoms with Crippen LogP contribution >= 0.6 is 0 Å². The van der Waals surface area contributed by atoms with Crippen molar-refractivity contribution in [1.29, 1.82) is 0 Å². The first-order valence-corrected chi connectivity index (χ1v) is 5.29. The zero-order valence-corrected chi connectivity index (χ0v) is 9.02. The maximum Gasteiger partial charge on any atom is 0.139 e. The number of nitrogens with zero attached hydrogens (tertiary/aromatic N) is 2. The zero-order chi connectivity index (χ0) is 10.7. The van der Waals surface area contributed by atoms with E-state index in [1.54, 1.807) is 12.4 Å². The van der Waals surface area contributed by atoms with Gasteiger partial charge in [0.1, 0.15) is 12.4 Å². The van der Waals surface area contributed by atoms with Gasteiger partial charge < -0.3 is 15.4 Å². The first-order chi connectivity index (χ1) is 7.25. The lowest BCUT2D eigenvalue weighted by molar-refractivity contribution is 0.198. The van der Waals surface area contributed by atoms with E-state index < -0.39 is 0 Å². The van der Waals surface area contributed by atoms with E-state index in [1.807, 2.05) is 6.07 Å². The van der Waals surface area contributed by atoms with Crippen molar-refractivity contribution in [2.45, 2.75) is 18.9 Å². The van der Waals surface area contributed by atoms with E-state index >= 15 is 0 Å². The van der Waals surface area contributed by atoms with Crippen LogP contribution in [0.2, 0.25) is 0 Å². The predicted molar refractivity (Wildman–Crippen MR) is 59.8 cm³/mol. The average molecular weight is 207 g/mol. The number of hydrogen-bond donors (Lipinski definition) is 1. The molecule has 2 heterocycles. The smallest absolute Gasteiger partial charge is 0.139 e. The summed E-state index contributed by atoms with van der Waals surface area (Å²) in [5.74, 6) is 0.760. The van der Waals surface area contributed by atoms with Crippen LogP contribution in [0.5, 0.6) is 5.75 Å². The second kappa shape index (κ2) is 4.49. The van der Waals surface area contributed by atoms with Gasteiger partial charge in [0, 0.05) is 12.1 Å². The second-order valence-electron chi connectivity index (χ2n) is 4.04. The van der Waals surface area contributed by atoms with Crippen LogP contribution < -0.4 is 10.5 Å². The number of aromatic nitrogens is 1. The largest absolute Gasteiger partial charge is 0.490 e. The summed E-state index contributed by atoms with van der Waals surface area (Å²) >= 11 is 0. The highest BCUT2D eigenvalue weighted by Gasteiger charge is 2.21. The molecule has 1 aliphatic rings. The molecule has 1 aromatic rings. The molecule has 1 aliphatic heterocycles. The van der Waals surface area contributed by atoms with Crippen LogP contribution in [0.25, 0.3) is 0 Å². The van der Waals surface area contributed by atoms with Gasteiger partial charge in [-0.1, -0.05) is 0 Å². The summed E-state index contributed by atoms with van der Waals surface area (Å²) in [7, 11) is 2.14. The third-order valence-corrected chi connectivity index (χ3v) is 2.85. The maximum atomic E-state index is 5.66. The normalized spacial score (nSPS) is 21.8. The molecule has 0 radical (unpaired) electrons. The minimum absolute atomic E-state index is 0.534. The SMILES string of the molecule is CN1CCC[C@@H]1COc1cncc(N)c1. The van der Waals surface area contributed by atoms with Crippen LogP contribution in [0.1, 0.15) is 12.8 Å². The summed E-state index contributed by atoms with van der Waals surface area (Å²) in [6.45, 7) is 1.89. The highest BCUT2D eigenvalue weighted by molar-refractivity contribution is 5.39. The van der Waals surface area contributed by atoms with Gasteiger partial charge in [0.05, 0.1) is 18.1 Å². The molecule has 0 unspecified atom stereocenters. The Morgan fingerprint density at radius 1 is 1.60 bits per heavy atom. The van der Waals surface area contributed by atoms with Gasteiger partial charge in [0.25, 0.3) is 0 Å². The number of likely N-dealkylation sites (N-methyl/N-ethyl adjacent to an activating group) is 1. The van der Waals surface area contributed by atoms with Crippen molar-refractivity contribution >= 4 is 5.69 Å². The summed E-state index contributed by atoms with van der Waals surface area (Å²) in [6, 6.07) is 2.34. The van der Waals surface area contributed by atoms with Crippen LogP contribution in [0.15, 0.2) is 18.5 Å². The number of rotatable bonds is 3. The van der Waals surface area contributed by atoms with Gasteiger partial charge in [-0.15, -0.1) is 0 Å². The van der Waals surface area contributed by atoms with E-state index in [-0.39, 0.29) is 0 Å². The summed E-state index contributed by atoms with van der Waals surface area (Å²) in [5, 5.41) is 0. The highest BCUT2D eigenvalue weighted by atomic mass is 16.5. The molecule has 0 bridgehead atoms. The Morgan fingerprint density at radius 2 is 2.47 bits per heavy atom. The first kappa shape index (κ1) is 10.2. The lowest BCUT2D eigenvalue weighted by Crippen LogP contribution is -2.30.